The smallest absolute Gasteiger partial charge is 0.257 e. The van der Waals surface area contributed by atoms with E-state index in [1.54, 1.807) is 12.4 Å². The van der Waals surface area contributed by atoms with Crippen LogP contribution in [0.4, 0.5) is 14.5 Å². The van der Waals surface area contributed by atoms with Gasteiger partial charge in [0.25, 0.3) is 6.43 Å². The summed E-state index contributed by atoms with van der Waals surface area (Å²) in [5.74, 6) is 0. The summed E-state index contributed by atoms with van der Waals surface area (Å²) in [4.78, 5) is 0. The molecule has 1 heterocycles. The third-order valence-electron chi connectivity index (χ3n) is 2.68. The number of halogens is 2. The van der Waals surface area contributed by atoms with Crippen LogP contribution in [0.25, 0.3) is 0 Å². The Kier molecular flexibility index (Phi) is 3.18. The van der Waals surface area contributed by atoms with Crippen molar-refractivity contribution in [2.24, 2.45) is 0 Å². The Balaban J connectivity index is 1.88. The van der Waals surface area contributed by atoms with Crippen molar-refractivity contribution in [3.63, 3.8) is 0 Å². The van der Waals surface area contributed by atoms with Gasteiger partial charge in [-0.05, 0) is 12.8 Å². The van der Waals surface area contributed by atoms with E-state index >= 15 is 0 Å². The molecule has 0 unspecified atom stereocenters. The average Bonchev–Trinajstić information content (AvgIpc) is 2.77. The molecular formula is C10H15F2N3. The molecule has 3 nitrogen and oxygen atoms in total. The van der Waals surface area contributed by atoms with E-state index in [1.807, 2.05) is 0 Å². The minimum Gasteiger partial charge on any atom is -0.380 e. The summed E-state index contributed by atoms with van der Waals surface area (Å²) < 4.78 is 25.4. The van der Waals surface area contributed by atoms with E-state index in [0.717, 1.165) is 5.69 Å². The topological polar surface area (TPSA) is 29.9 Å². The first-order valence-corrected chi connectivity index (χ1v) is 5.31. The van der Waals surface area contributed by atoms with Crippen LogP contribution >= 0.6 is 0 Å². The first kappa shape index (κ1) is 10.4. The van der Waals surface area contributed by atoms with Crippen LogP contribution in [0.15, 0.2) is 12.4 Å². The molecule has 1 fully saturated rings. The highest BCUT2D eigenvalue weighted by molar-refractivity contribution is 5.39. The number of nitrogens with one attached hydrogen (secondary N) is 1. The predicted molar refractivity (Wildman–Crippen MR) is 54.1 cm³/mol. The standard InChI is InChI=1S/C10H15F2N3/c11-10(12)7-15-6-9(5-13-15)14-8-3-1-2-4-8/h5-6,8,10,14H,1-4,7H2. The van der Waals surface area contributed by atoms with Crippen LogP contribution in [-0.2, 0) is 6.54 Å². The Hall–Kier alpha value is -1.13. The van der Waals surface area contributed by atoms with Crippen molar-refractivity contribution in [2.75, 3.05) is 5.32 Å². The Morgan fingerprint density at radius 1 is 1.47 bits per heavy atom. The van der Waals surface area contributed by atoms with Crippen molar-refractivity contribution in [1.29, 1.82) is 0 Å². The second kappa shape index (κ2) is 4.59. The predicted octanol–water partition coefficient (Wildman–Crippen LogP) is 2.50. The highest BCUT2D eigenvalue weighted by atomic mass is 19.3. The van der Waals surface area contributed by atoms with E-state index in [0.29, 0.717) is 6.04 Å². The van der Waals surface area contributed by atoms with Crippen molar-refractivity contribution < 1.29 is 8.78 Å². The van der Waals surface area contributed by atoms with Gasteiger partial charge in [0.2, 0.25) is 0 Å². The van der Waals surface area contributed by atoms with Crippen LogP contribution in [0.2, 0.25) is 0 Å². The van der Waals surface area contributed by atoms with Gasteiger partial charge < -0.3 is 5.32 Å². The SMILES string of the molecule is FC(F)Cn1cc(NC2CCCC2)cn1. The molecule has 0 spiro atoms. The molecule has 1 aliphatic rings. The molecule has 1 aliphatic carbocycles. The maximum Gasteiger partial charge on any atom is 0.257 e. The number of hydrogen-bond acceptors (Lipinski definition) is 2. The van der Waals surface area contributed by atoms with E-state index in [-0.39, 0.29) is 6.54 Å². The fraction of sp³-hybridized carbons (Fsp3) is 0.700. The van der Waals surface area contributed by atoms with Gasteiger partial charge in [-0.1, -0.05) is 12.8 Å². The lowest BCUT2D eigenvalue weighted by atomic mass is 10.2. The summed E-state index contributed by atoms with van der Waals surface area (Å²) in [6.45, 7) is -0.327. The Morgan fingerprint density at radius 2 is 2.20 bits per heavy atom. The van der Waals surface area contributed by atoms with Crippen molar-refractivity contribution in [1.82, 2.24) is 9.78 Å². The quantitative estimate of drug-likeness (QED) is 0.836. The second-order valence-electron chi connectivity index (χ2n) is 3.97. The molecule has 0 radical (unpaired) electrons. The molecule has 0 amide bonds. The summed E-state index contributed by atoms with van der Waals surface area (Å²) in [6.07, 6.45) is 5.75. The molecule has 1 aromatic heterocycles. The first-order valence-electron chi connectivity index (χ1n) is 5.31. The Bertz CT molecular complexity index is 305. The number of alkyl halides is 2. The van der Waals surface area contributed by atoms with Gasteiger partial charge in [-0.3, -0.25) is 4.68 Å². The van der Waals surface area contributed by atoms with E-state index < -0.39 is 6.43 Å². The third kappa shape index (κ3) is 2.91. The number of hydrogen-bond donors (Lipinski definition) is 1. The van der Waals surface area contributed by atoms with Gasteiger partial charge in [-0.15, -0.1) is 0 Å². The third-order valence-corrected chi connectivity index (χ3v) is 2.68. The zero-order valence-corrected chi connectivity index (χ0v) is 8.50. The van der Waals surface area contributed by atoms with Crippen molar-refractivity contribution >= 4 is 5.69 Å². The molecule has 0 saturated heterocycles. The van der Waals surface area contributed by atoms with Crippen LogP contribution in [0, 0.1) is 0 Å². The van der Waals surface area contributed by atoms with E-state index in [1.165, 1.54) is 30.4 Å². The minimum atomic E-state index is -2.34. The summed E-state index contributed by atoms with van der Waals surface area (Å²) in [6, 6.07) is 0.495. The Labute approximate surface area is 87.5 Å². The highest BCUT2D eigenvalue weighted by Crippen LogP contribution is 2.21. The minimum absolute atomic E-state index is 0.327. The molecule has 1 aromatic rings. The Morgan fingerprint density at radius 3 is 2.87 bits per heavy atom. The molecule has 5 heteroatoms. The largest absolute Gasteiger partial charge is 0.380 e. The number of nitrogens with zero attached hydrogens (tertiary/aromatic N) is 2. The second-order valence-corrected chi connectivity index (χ2v) is 3.97. The van der Waals surface area contributed by atoms with Gasteiger partial charge in [0.15, 0.2) is 0 Å². The molecule has 2 rings (SSSR count). The van der Waals surface area contributed by atoms with E-state index in [4.69, 9.17) is 0 Å². The van der Waals surface area contributed by atoms with Crippen molar-refractivity contribution in [2.45, 2.75) is 44.7 Å². The number of aromatic nitrogens is 2. The van der Waals surface area contributed by atoms with Gasteiger partial charge in [-0.25, -0.2) is 8.78 Å². The summed E-state index contributed by atoms with van der Waals surface area (Å²) in [5, 5.41) is 7.18. The molecule has 15 heavy (non-hydrogen) atoms. The first-order chi connectivity index (χ1) is 7.24. The highest BCUT2D eigenvalue weighted by Gasteiger charge is 2.15. The molecule has 0 aliphatic heterocycles. The monoisotopic (exact) mass is 215 g/mol. The van der Waals surface area contributed by atoms with E-state index in [9.17, 15) is 8.78 Å². The van der Waals surface area contributed by atoms with Crippen molar-refractivity contribution in [3.05, 3.63) is 12.4 Å². The van der Waals surface area contributed by atoms with Gasteiger partial charge >= 0.3 is 0 Å². The maximum absolute atomic E-state index is 12.1. The van der Waals surface area contributed by atoms with Crippen LogP contribution in [0.3, 0.4) is 0 Å². The van der Waals surface area contributed by atoms with E-state index in [2.05, 4.69) is 10.4 Å². The molecule has 84 valence electrons. The lowest BCUT2D eigenvalue weighted by Crippen LogP contribution is -2.14. The summed E-state index contributed by atoms with van der Waals surface area (Å²) in [7, 11) is 0. The maximum atomic E-state index is 12.1. The summed E-state index contributed by atoms with van der Waals surface area (Å²) >= 11 is 0. The molecule has 0 bridgehead atoms. The van der Waals surface area contributed by atoms with Gasteiger partial charge in [0.05, 0.1) is 11.9 Å². The van der Waals surface area contributed by atoms with Crippen LogP contribution in [-0.4, -0.2) is 22.2 Å². The molecule has 0 atom stereocenters. The van der Waals surface area contributed by atoms with Crippen LogP contribution in [0.1, 0.15) is 25.7 Å². The average molecular weight is 215 g/mol. The lowest BCUT2D eigenvalue weighted by Gasteiger charge is -2.10. The zero-order chi connectivity index (χ0) is 10.7. The van der Waals surface area contributed by atoms with Gasteiger partial charge in [-0.2, -0.15) is 5.10 Å². The molecule has 0 aromatic carbocycles. The molecule has 1 N–H and O–H groups in total. The van der Waals surface area contributed by atoms with Crippen molar-refractivity contribution in [3.8, 4) is 0 Å². The van der Waals surface area contributed by atoms with Crippen LogP contribution < -0.4 is 5.32 Å². The lowest BCUT2D eigenvalue weighted by molar-refractivity contribution is 0.122. The summed E-state index contributed by atoms with van der Waals surface area (Å²) in [5.41, 5.74) is 0.850. The zero-order valence-electron chi connectivity index (χ0n) is 8.50. The fourth-order valence-corrected chi connectivity index (χ4v) is 1.99. The van der Waals surface area contributed by atoms with Crippen LogP contribution in [0.5, 0.6) is 0 Å². The normalized spacial score (nSPS) is 17.5. The number of anilines is 1. The van der Waals surface area contributed by atoms with Gasteiger partial charge in [0.1, 0.15) is 6.54 Å². The number of rotatable bonds is 4. The molecular weight excluding hydrogens is 200 g/mol. The fourth-order valence-electron chi connectivity index (χ4n) is 1.99. The van der Waals surface area contributed by atoms with Gasteiger partial charge in [0, 0.05) is 12.2 Å². The molecule has 1 saturated carbocycles.